The summed E-state index contributed by atoms with van der Waals surface area (Å²) in [5, 5.41) is 0.126. The van der Waals surface area contributed by atoms with Gasteiger partial charge in [0, 0.05) is 17.5 Å². The van der Waals surface area contributed by atoms with Gasteiger partial charge >= 0.3 is 0 Å². The zero-order chi connectivity index (χ0) is 13.8. The van der Waals surface area contributed by atoms with E-state index in [0.29, 0.717) is 4.21 Å². The normalized spacial score (nSPS) is 31.8. The molecule has 0 saturated carbocycles. The first-order chi connectivity index (χ1) is 8.89. The van der Waals surface area contributed by atoms with Gasteiger partial charge in [-0.3, -0.25) is 0 Å². The number of alkyl halides is 1. The van der Waals surface area contributed by atoms with Crippen molar-refractivity contribution in [2.45, 2.75) is 54.3 Å². The molecule has 1 aromatic rings. The van der Waals surface area contributed by atoms with Gasteiger partial charge in [-0.15, -0.1) is 22.9 Å². The fourth-order valence-electron chi connectivity index (χ4n) is 3.12. The summed E-state index contributed by atoms with van der Waals surface area (Å²) in [6.45, 7) is 1.92. The summed E-state index contributed by atoms with van der Waals surface area (Å²) in [5.41, 5.74) is 0.975. The number of hydrogen-bond donors (Lipinski definition) is 0. The molecule has 2 aliphatic rings. The third-order valence-corrected chi connectivity index (χ3v) is 8.92. The van der Waals surface area contributed by atoms with Gasteiger partial charge in [-0.2, -0.15) is 4.31 Å². The standard InChI is InChI=1S/C12H15BrClNO2S2/c1-7-4-11(18-12(7)13)19(16,17)15-9-2-3-10(15)6-8(14)5-9/h4,8-10H,2-3,5-6H2,1H3. The lowest BCUT2D eigenvalue weighted by Crippen LogP contribution is -2.46. The highest BCUT2D eigenvalue weighted by atomic mass is 79.9. The molecular weight excluding hydrogens is 370 g/mol. The van der Waals surface area contributed by atoms with Crippen LogP contribution in [0.3, 0.4) is 0 Å². The highest BCUT2D eigenvalue weighted by molar-refractivity contribution is 9.11. The number of fused-ring (bicyclic) bond motifs is 2. The highest BCUT2D eigenvalue weighted by Gasteiger charge is 2.47. The van der Waals surface area contributed by atoms with Crippen molar-refractivity contribution in [2.75, 3.05) is 0 Å². The maximum atomic E-state index is 12.8. The molecule has 2 unspecified atom stereocenters. The fraction of sp³-hybridized carbons (Fsp3) is 0.667. The summed E-state index contributed by atoms with van der Waals surface area (Å²) in [6.07, 6.45) is 3.45. The lowest BCUT2D eigenvalue weighted by molar-refractivity contribution is 0.252. The van der Waals surface area contributed by atoms with E-state index in [4.69, 9.17) is 11.6 Å². The van der Waals surface area contributed by atoms with Crippen LogP contribution < -0.4 is 0 Å². The van der Waals surface area contributed by atoms with Crippen LogP contribution in [0.2, 0.25) is 0 Å². The molecule has 2 saturated heterocycles. The second-order valence-corrected chi connectivity index (χ2v) is 10.4. The van der Waals surface area contributed by atoms with Crippen molar-refractivity contribution in [1.82, 2.24) is 4.31 Å². The van der Waals surface area contributed by atoms with Gasteiger partial charge in [0.15, 0.2) is 0 Å². The van der Waals surface area contributed by atoms with E-state index in [1.54, 1.807) is 10.4 Å². The Morgan fingerprint density at radius 2 is 1.95 bits per heavy atom. The second-order valence-electron chi connectivity index (χ2n) is 5.31. The zero-order valence-electron chi connectivity index (χ0n) is 10.5. The fourth-order valence-corrected chi connectivity index (χ4v) is 7.76. The minimum absolute atomic E-state index is 0.0902. The van der Waals surface area contributed by atoms with Gasteiger partial charge in [0.25, 0.3) is 10.0 Å². The number of thiophene rings is 1. The van der Waals surface area contributed by atoms with Crippen LogP contribution in [0.25, 0.3) is 0 Å². The average Bonchev–Trinajstić information content (AvgIpc) is 2.80. The molecule has 3 rings (SSSR count). The first-order valence-electron chi connectivity index (χ1n) is 6.33. The van der Waals surface area contributed by atoms with Crippen LogP contribution in [0.5, 0.6) is 0 Å². The lowest BCUT2D eigenvalue weighted by atomic mass is 10.1. The van der Waals surface area contributed by atoms with E-state index in [2.05, 4.69) is 15.9 Å². The number of halogens is 2. The highest BCUT2D eigenvalue weighted by Crippen LogP contribution is 2.43. The molecule has 0 aromatic carbocycles. The number of aryl methyl sites for hydroxylation is 1. The van der Waals surface area contributed by atoms with Crippen LogP contribution in [0, 0.1) is 6.92 Å². The summed E-state index contributed by atoms with van der Waals surface area (Å²) in [4.78, 5) is 0. The number of sulfonamides is 1. The first kappa shape index (κ1) is 14.3. The molecule has 0 amide bonds. The van der Waals surface area contributed by atoms with Gasteiger partial charge in [0.05, 0.1) is 3.79 Å². The Kier molecular flexibility index (Phi) is 3.76. The van der Waals surface area contributed by atoms with E-state index in [0.717, 1.165) is 35.0 Å². The van der Waals surface area contributed by atoms with Crippen molar-refractivity contribution in [3.63, 3.8) is 0 Å². The Labute approximate surface area is 131 Å². The smallest absolute Gasteiger partial charge is 0.206 e. The third-order valence-electron chi connectivity index (χ3n) is 3.97. The van der Waals surface area contributed by atoms with Gasteiger partial charge in [-0.05, 0) is 60.2 Å². The Bertz CT molecular complexity index is 567. The molecule has 2 atom stereocenters. The van der Waals surface area contributed by atoms with Crippen LogP contribution in [0.4, 0.5) is 0 Å². The second kappa shape index (κ2) is 4.98. The van der Waals surface area contributed by atoms with E-state index in [9.17, 15) is 8.42 Å². The van der Waals surface area contributed by atoms with Gasteiger partial charge in [-0.1, -0.05) is 0 Å². The molecule has 7 heteroatoms. The first-order valence-corrected chi connectivity index (χ1v) is 9.81. The summed E-state index contributed by atoms with van der Waals surface area (Å²) in [7, 11) is -3.36. The summed E-state index contributed by atoms with van der Waals surface area (Å²) in [5.74, 6) is 0. The SMILES string of the molecule is Cc1cc(S(=O)(=O)N2C3CCC2CC(Cl)C3)sc1Br. The van der Waals surface area contributed by atoms with Crippen molar-refractivity contribution >= 4 is 48.9 Å². The maximum absolute atomic E-state index is 12.8. The van der Waals surface area contributed by atoms with Crippen LogP contribution in [-0.4, -0.2) is 30.2 Å². The van der Waals surface area contributed by atoms with E-state index < -0.39 is 10.0 Å². The van der Waals surface area contributed by atoms with E-state index in [1.165, 1.54) is 11.3 Å². The predicted octanol–water partition coefficient (Wildman–Crippen LogP) is 3.74. The molecule has 3 nitrogen and oxygen atoms in total. The minimum Gasteiger partial charge on any atom is -0.206 e. The third kappa shape index (κ3) is 2.39. The van der Waals surface area contributed by atoms with Crippen LogP contribution >= 0.6 is 38.9 Å². The summed E-state index contributed by atoms with van der Waals surface area (Å²) >= 11 is 10.9. The molecule has 2 bridgehead atoms. The summed E-state index contributed by atoms with van der Waals surface area (Å²) in [6, 6.07) is 1.94. The minimum atomic E-state index is -3.36. The van der Waals surface area contributed by atoms with Gasteiger partial charge < -0.3 is 0 Å². The van der Waals surface area contributed by atoms with Crippen molar-refractivity contribution in [3.05, 3.63) is 15.4 Å². The van der Waals surface area contributed by atoms with E-state index >= 15 is 0 Å². The largest absolute Gasteiger partial charge is 0.253 e. The number of nitrogens with zero attached hydrogens (tertiary/aromatic N) is 1. The number of hydrogen-bond acceptors (Lipinski definition) is 3. The van der Waals surface area contributed by atoms with Gasteiger partial charge in [-0.25, -0.2) is 8.42 Å². The van der Waals surface area contributed by atoms with Crippen molar-refractivity contribution < 1.29 is 8.42 Å². The molecule has 1 aromatic heterocycles. The van der Waals surface area contributed by atoms with Crippen LogP contribution in [0.1, 0.15) is 31.2 Å². The van der Waals surface area contributed by atoms with Gasteiger partial charge in [0.1, 0.15) is 4.21 Å². The lowest BCUT2D eigenvalue weighted by Gasteiger charge is -2.35. The van der Waals surface area contributed by atoms with Crippen molar-refractivity contribution in [3.8, 4) is 0 Å². The molecule has 0 radical (unpaired) electrons. The molecule has 2 aliphatic heterocycles. The molecule has 19 heavy (non-hydrogen) atoms. The molecule has 2 fully saturated rings. The molecule has 0 spiro atoms. The van der Waals surface area contributed by atoms with Crippen LogP contribution in [0.15, 0.2) is 14.1 Å². The monoisotopic (exact) mass is 383 g/mol. The number of rotatable bonds is 2. The molecular formula is C12H15BrClNO2S2. The molecule has 3 heterocycles. The molecule has 106 valence electrons. The average molecular weight is 385 g/mol. The quantitative estimate of drug-likeness (QED) is 0.728. The van der Waals surface area contributed by atoms with Gasteiger partial charge in [0.2, 0.25) is 0 Å². The Balaban J connectivity index is 1.97. The Morgan fingerprint density at radius 3 is 2.42 bits per heavy atom. The Morgan fingerprint density at radius 1 is 1.37 bits per heavy atom. The van der Waals surface area contributed by atoms with Crippen molar-refractivity contribution in [1.29, 1.82) is 0 Å². The zero-order valence-corrected chi connectivity index (χ0v) is 14.4. The number of piperidine rings is 1. The summed E-state index contributed by atoms with van der Waals surface area (Å²) < 4.78 is 28.7. The predicted molar refractivity (Wildman–Crippen MR) is 81.5 cm³/mol. The van der Waals surface area contributed by atoms with Crippen LogP contribution in [-0.2, 0) is 10.0 Å². The Hall–Kier alpha value is 0.380. The van der Waals surface area contributed by atoms with Crippen molar-refractivity contribution in [2.24, 2.45) is 0 Å². The van der Waals surface area contributed by atoms with E-state index in [1.807, 2.05) is 6.92 Å². The molecule has 0 N–H and O–H groups in total. The topological polar surface area (TPSA) is 37.4 Å². The molecule has 0 aliphatic carbocycles. The van der Waals surface area contributed by atoms with E-state index in [-0.39, 0.29) is 17.5 Å². The maximum Gasteiger partial charge on any atom is 0.253 e.